The van der Waals surface area contributed by atoms with E-state index >= 15 is 0 Å². The van der Waals surface area contributed by atoms with Crippen molar-refractivity contribution >= 4 is 17.5 Å². The third-order valence-electron chi connectivity index (χ3n) is 5.52. The van der Waals surface area contributed by atoms with Crippen LogP contribution in [0, 0.1) is 5.92 Å². The van der Waals surface area contributed by atoms with Gasteiger partial charge in [-0.15, -0.1) is 0 Å². The fourth-order valence-electron chi connectivity index (χ4n) is 3.79. The number of carbonyl (C=O) groups excluding carboxylic acids is 1. The molecule has 2 heterocycles. The molecule has 6 heteroatoms. The predicted octanol–water partition coefficient (Wildman–Crippen LogP) is 5.06. The molecule has 1 saturated heterocycles. The zero-order valence-corrected chi connectivity index (χ0v) is 18.1. The third-order valence-corrected chi connectivity index (χ3v) is 5.82. The van der Waals surface area contributed by atoms with Crippen LogP contribution in [0.1, 0.15) is 24.0 Å². The van der Waals surface area contributed by atoms with Crippen LogP contribution in [0.5, 0.6) is 11.5 Å². The number of carbonyl (C=O) groups is 1. The van der Waals surface area contributed by atoms with Crippen LogP contribution in [0.2, 0.25) is 5.02 Å². The number of nitrogens with zero attached hydrogens (tertiary/aromatic N) is 2. The first kappa shape index (κ1) is 21.3. The van der Waals surface area contributed by atoms with Gasteiger partial charge >= 0.3 is 0 Å². The van der Waals surface area contributed by atoms with Crippen LogP contribution in [0.4, 0.5) is 0 Å². The summed E-state index contributed by atoms with van der Waals surface area (Å²) in [5.74, 6) is 1.62. The van der Waals surface area contributed by atoms with Crippen molar-refractivity contribution in [2.45, 2.75) is 25.9 Å². The van der Waals surface area contributed by atoms with E-state index in [9.17, 15) is 4.79 Å². The number of pyridine rings is 1. The summed E-state index contributed by atoms with van der Waals surface area (Å²) >= 11 is 6.45. The lowest BCUT2D eigenvalue weighted by atomic mass is 9.95. The van der Waals surface area contributed by atoms with Crippen molar-refractivity contribution < 1.29 is 9.53 Å². The number of amides is 1. The van der Waals surface area contributed by atoms with Crippen LogP contribution < -0.4 is 10.1 Å². The Balaban J connectivity index is 1.25. The molecule has 4 rings (SSSR count). The van der Waals surface area contributed by atoms with Crippen LogP contribution in [-0.4, -0.2) is 28.9 Å². The number of hydrogen-bond acceptors (Lipinski definition) is 4. The number of rotatable bonds is 7. The Bertz CT molecular complexity index is 990. The standard InChI is InChI=1S/C25H26ClN3O2/c26-23-15-19(8-9-24(23)31-22-6-2-1-3-7-22)18-29-13-10-21(11-14-29)25(30)28-17-20-5-4-12-27-16-20/h1-9,12,15-16,21H,10-11,13-14,17-18H2,(H,28,30). The highest BCUT2D eigenvalue weighted by Crippen LogP contribution is 2.30. The minimum absolute atomic E-state index is 0.0677. The highest BCUT2D eigenvalue weighted by atomic mass is 35.5. The molecule has 1 aromatic heterocycles. The molecule has 1 amide bonds. The Kier molecular flexibility index (Phi) is 7.18. The van der Waals surface area contributed by atoms with Gasteiger partial charge in [-0.05, 0) is 67.4 Å². The highest BCUT2D eigenvalue weighted by Gasteiger charge is 2.25. The molecule has 0 atom stereocenters. The van der Waals surface area contributed by atoms with E-state index in [0.29, 0.717) is 17.3 Å². The number of ether oxygens (including phenoxy) is 1. The number of likely N-dealkylation sites (tertiary alicyclic amines) is 1. The number of halogens is 1. The largest absolute Gasteiger partial charge is 0.456 e. The molecule has 0 radical (unpaired) electrons. The molecule has 1 N–H and O–H groups in total. The number of hydrogen-bond donors (Lipinski definition) is 1. The van der Waals surface area contributed by atoms with E-state index < -0.39 is 0 Å². The van der Waals surface area contributed by atoms with E-state index in [1.165, 1.54) is 0 Å². The number of piperidine rings is 1. The second-order valence-electron chi connectivity index (χ2n) is 7.81. The summed E-state index contributed by atoms with van der Waals surface area (Å²) in [4.78, 5) is 18.9. The fraction of sp³-hybridized carbons (Fsp3) is 0.280. The second-order valence-corrected chi connectivity index (χ2v) is 8.22. The van der Waals surface area contributed by atoms with E-state index in [-0.39, 0.29) is 11.8 Å². The van der Waals surface area contributed by atoms with Gasteiger partial charge in [0.2, 0.25) is 5.91 Å². The third kappa shape index (κ3) is 6.06. The smallest absolute Gasteiger partial charge is 0.223 e. The average molecular weight is 436 g/mol. The molecule has 1 fully saturated rings. The number of para-hydroxylation sites is 1. The molecule has 0 spiro atoms. The summed E-state index contributed by atoms with van der Waals surface area (Å²) in [6, 6.07) is 19.4. The van der Waals surface area contributed by atoms with Crippen molar-refractivity contribution in [1.29, 1.82) is 0 Å². The monoisotopic (exact) mass is 435 g/mol. The molecule has 2 aromatic carbocycles. The van der Waals surface area contributed by atoms with Gasteiger partial charge in [-0.1, -0.05) is 41.9 Å². The lowest BCUT2D eigenvalue weighted by Gasteiger charge is -2.31. The van der Waals surface area contributed by atoms with E-state index in [2.05, 4.69) is 21.3 Å². The van der Waals surface area contributed by atoms with Crippen LogP contribution >= 0.6 is 11.6 Å². The summed E-state index contributed by atoms with van der Waals surface area (Å²) < 4.78 is 5.86. The Morgan fingerprint density at radius 2 is 1.87 bits per heavy atom. The second kappa shape index (κ2) is 10.4. The van der Waals surface area contributed by atoms with Crippen LogP contribution in [-0.2, 0) is 17.9 Å². The van der Waals surface area contributed by atoms with Crippen LogP contribution in [0.25, 0.3) is 0 Å². The topological polar surface area (TPSA) is 54.5 Å². The molecule has 31 heavy (non-hydrogen) atoms. The predicted molar refractivity (Wildman–Crippen MR) is 122 cm³/mol. The maximum Gasteiger partial charge on any atom is 0.223 e. The highest BCUT2D eigenvalue weighted by molar-refractivity contribution is 6.32. The summed E-state index contributed by atoms with van der Waals surface area (Å²) in [6.45, 7) is 3.13. The first-order valence-corrected chi connectivity index (χ1v) is 11.0. The van der Waals surface area contributed by atoms with Crippen molar-refractivity contribution in [1.82, 2.24) is 15.2 Å². The van der Waals surface area contributed by atoms with Crippen molar-refractivity contribution in [2.24, 2.45) is 5.92 Å². The first-order valence-electron chi connectivity index (χ1n) is 10.6. The van der Waals surface area contributed by atoms with E-state index in [0.717, 1.165) is 49.4 Å². The van der Waals surface area contributed by atoms with Crippen molar-refractivity contribution in [3.05, 3.63) is 89.2 Å². The van der Waals surface area contributed by atoms with Gasteiger partial charge in [-0.25, -0.2) is 0 Å². The van der Waals surface area contributed by atoms with Crippen LogP contribution in [0.15, 0.2) is 73.1 Å². The molecule has 1 aliphatic rings. The van der Waals surface area contributed by atoms with E-state index in [4.69, 9.17) is 16.3 Å². The molecule has 0 unspecified atom stereocenters. The van der Waals surface area contributed by atoms with Gasteiger partial charge in [-0.2, -0.15) is 0 Å². The average Bonchev–Trinajstić information content (AvgIpc) is 2.81. The maximum absolute atomic E-state index is 12.5. The lowest BCUT2D eigenvalue weighted by Crippen LogP contribution is -2.40. The van der Waals surface area contributed by atoms with E-state index in [1.807, 2.05) is 54.6 Å². The number of nitrogens with one attached hydrogen (secondary N) is 1. The number of aromatic nitrogens is 1. The summed E-state index contributed by atoms with van der Waals surface area (Å²) in [5, 5.41) is 3.64. The lowest BCUT2D eigenvalue weighted by molar-refractivity contribution is -0.126. The van der Waals surface area contributed by atoms with Gasteiger partial charge in [0.25, 0.3) is 0 Å². The molecule has 1 aliphatic heterocycles. The summed E-state index contributed by atoms with van der Waals surface area (Å²) in [7, 11) is 0. The number of benzene rings is 2. The van der Waals surface area contributed by atoms with Gasteiger partial charge < -0.3 is 10.1 Å². The zero-order valence-electron chi connectivity index (χ0n) is 17.3. The molecule has 0 aliphatic carbocycles. The molecule has 0 saturated carbocycles. The first-order chi connectivity index (χ1) is 15.2. The van der Waals surface area contributed by atoms with Gasteiger partial charge in [0, 0.05) is 31.4 Å². The maximum atomic E-state index is 12.5. The Labute approximate surface area is 188 Å². The fourth-order valence-corrected chi connectivity index (χ4v) is 4.03. The Morgan fingerprint density at radius 3 is 2.58 bits per heavy atom. The van der Waals surface area contributed by atoms with Gasteiger partial charge in [0.05, 0.1) is 5.02 Å². The molecule has 160 valence electrons. The van der Waals surface area contributed by atoms with Gasteiger partial charge in [0.15, 0.2) is 0 Å². The van der Waals surface area contributed by atoms with Crippen molar-refractivity contribution in [2.75, 3.05) is 13.1 Å². The minimum Gasteiger partial charge on any atom is -0.456 e. The summed E-state index contributed by atoms with van der Waals surface area (Å²) in [6.07, 6.45) is 5.24. The summed E-state index contributed by atoms with van der Waals surface area (Å²) in [5.41, 5.74) is 2.16. The molecule has 3 aromatic rings. The van der Waals surface area contributed by atoms with E-state index in [1.54, 1.807) is 12.4 Å². The van der Waals surface area contributed by atoms with Crippen LogP contribution in [0.3, 0.4) is 0 Å². The SMILES string of the molecule is O=C(NCc1cccnc1)C1CCN(Cc2ccc(Oc3ccccc3)c(Cl)c2)CC1. The molecule has 0 bridgehead atoms. The quantitative estimate of drug-likeness (QED) is 0.563. The van der Waals surface area contributed by atoms with Gasteiger partial charge in [0.1, 0.15) is 11.5 Å². The van der Waals surface area contributed by atoms with Gasteiger partial charge in [-0.3, -0.25) is 14.7 Å². The normalized spacial score (nSPS) is 14.9. The Morgan fingerprint density at radius 1 is 1.06 bits per heavy atom. The minimum atomic E-state index is 0.0677. The molecular weight excluding hydrogens is 410 g/mol. The van der Waals surface area contributed by atoms with Crippen molar-refractivity contribution in [3.8, 4) is 11.5 Å². The van der Waals surface area contributed by atoms with Crippen molar-refractivity contribution in [3.63, 3.8) is 0 Å². The molecule has 5 nitrogen and oxygen atoms in total. The zero-order chi connectivity index (χ0) is 21.5. The Hall–Kier alpha value is -2.89. The molecular formula is C25H26ClN3O2.